The Kier molecular flexibility index (Phi) is 6.79. The van der Waals surface area contributed by atoms with Crippen LogP contribution in [0.5, 0.6) is 0 Å². The van der Waals surface area contributed by atoms with Crippen molar-refractivity contribution in [3.63, 3.8) is 0 Å². The number of hydrogen-bond donors (Lipinski definition) is 1. The Morgan fingerprint density at radius 1 is 1.38 bits per heavy atom. The van der Waals surface area contributed by atoms with Gasteiger partial charge in [-0.3, -0.25) is 14.4 Å². The highest BCUT2D eigenvalue weighted by Crippen LogP contribution is 2.19. The quantitative estimate of drug-likeness (QED) is 0.818. The van der Waals surface area contributed by atoms with Crippen molar-refractivity contribution in [2.24, 2.45) is 5.92 Å². The molecule has 0 saturated carbocycles. The number of piperidine rings is 1. The molecule has 26 heavy (non-hydrogen) atoms. The maximum Gasteiger partial charge on any atom is 0.243 e. The lowest BCUT2D eigenvalue weighted by Crippen LogP contribution is -2.47. The topological polar surface area (TPSA) is 69.7 Å². The predicted octanol–water partition coefficient (Wildman–Crippen LogP) is 1.71. The van der Waals surface area contributed by atoms with Gasteiger partial charge in [-0.05, 0) is 31.0 Å². The Bertz CT molecular complexity index is 723. The lowest BCUT2D eigenvalue weighted by atomic mass is 9.96. The van der Waals surface area contributed by atoms with Crippen molar-refractivity contribution in [3.05, 3.63) is 29.8 Å². The van der Waals surface area contributed by atoms with Crippen LogP contribution in [0.2, 0.25) is 0 Å². The Labute approximate surface area is 154 Å². The van der Waals surface area contributed by atoms with Crippen LogP contribution in [0, 0.1) is 18.3 Å². The maximum absolute atomic E-state index is 12.6. The SMILES string of the molecule is C#Cc1cccc(NC(=O)CN(C)C(=O)C2CCCN(C(=O)CC)C2)c1. The molecule has 0 aliphatic carbocycles. The average molecular weight is 355 g/mol. The van der Waals surface area contributed by atoms with Gasteiger partial charge in [0.2, 0.25) is 17.7 Å². The first-order valence-electron chi connectivity index (χ1n) is 8.83. The summed E-state index contributed by atoms with van der Waals surface area (Å²) in [5.74, 6) is 1.94. The molecule has 6 nitrogen and oxygen atoms in total. The number of benzene rings is 1. The minimum absolute atomic E-state index is 0.0443. The molecule has 0 aromatic heterocycles. The van der Waals surface area contributed by atoms with Crippen molar-refractivity contribution in [2.45, 2.75) is 26.2 Å². The Hall–Kier alpha value is -2.81. The van der Waals surface area contributed by atoms with Gasteiger partial charge in [0.15, 0.2) is 0 Å². The van der Waals surface area contributed by atoms with Gasteiger partial charge in [-0.25, -0.2) is 0 Å². The highest BCUT2D eigenvalue weighted by molar-refractivity contribution is 5.95. The largest absolute Gasteiger partial charge is 0.342 e. The second kappa shape index (κ2) is 9.04. The number of carbonyl (C=O) groups is 3. The zero-order chi connectivity index (χ0) is 19.1. The van der Waals surface area contributed by atoms with Crippen molar-refractivity contribution < 1.29 is 14.4 Å². The first-order valence-corrected chi connectivity index (χ1v) is 8.83. The van der Waals surface area contributed by atoms with E-state index in [0.717, 1.165) is 12.8 Å². The molecule has 2 rings (SSSR count). The average Bonchev–Trinajstić information content (AvgIpc) is 2.66. The molecule has 3 amide bonds. The van der Waals surface area contributed by atoms with E-state index in [4.69, 9.17) is 6.42 Å². The molecule has 1 atom stereocenters. The van der Waals surface area contributed by atoms with E-state index in [-0.39, 0.29) is 30.2 Å². The van der Waals surface area contributed by atoms with E-state index < -0.39 is 0 Å². The summed E-state index contributed by atoms with van der Waals surface area (Å²) in [6.07, 6.45) is 7.34. The fraction of sp³-hybridized carbons (Fsp3) is 0.450. The number of nitrogens with zero attached hydrogens (tertiary/aromatic N) is 2. The zero-order valence-corrected chi connectivity index (χ0v) is 15.3. The number of hydrogen-bond acceptors (Lipinski definition) is 3. The third-order valence-electron chi connectivity index (χ3n) is 4.50. The normalized spacial score (nSPS) is 16.5. The fourth-order valence-corrected chi connectivity index (χ4v) is 3.12. The second-order valence-electron chi connectivity index (χ2n) is 6.50. The number of likely N-dealkylation sites (tertiary alicyclic amines) is 1. The van der Waals surface area contributed by atoms with Gasteiger partial charge in [-0.1, -0.05) is 18.9 Å². The molecule has 0 radical (unpaired) electrons. The lowest BCUT2D eigenvalue weighted by Gasteiger charge is -2.33. The summed E-state index contributed by atoms with van der Waals surface area (Å²) in [6, 6.07) is 6.99. The van der Waals surface area contributed by atoms with Crippen molar-refractivity contribution in [1.29, 1.82) is 0 Å². The highest BCUT2D eigenvalue weighted by Gasteiger charge is 2.30. The molecule has 1 aromatic carbocycles. The highest BCUT2D eigenvalue weighted by atomic mass is 16.2. The summed E-state index contributed by atoms with van der Waals surface area (Å²) in [4.78, 5) is 39.9. The zero-order valence-electron chi connectivity index (χ0n) is 15.3. The summed E-state index contributed by atoms with van der Waals surface area (Å²) >= 11 is 0. The molecule has 1 unspecified atom stereocenters. The summed E-state index contributed by atoms with van der Waals surface area (Å²) in [6.45, 7) is 2.91. The van der Waals surface area contributed by atoms with Crippen LogP contribution in [0.3, 0.4) is 0 Å². The minimum Gasteiger partial charge on any atom is -0.342 e. The standard InChI is InChI=1S/C20H25N3O3/c1-4-15-8-6-10-17(12-15)21-18(24)14-22(3)20(26)16-9-7-11-23(13-16)19(25)5-2/h1,6,8,10,12,16H,5,7,9,11,13-14H2,2-3H3,(H,21,24). The lowest BCUT2D eigenvalue weighted by molar-refractivity contribution is -0.141. The molecule has 0 bridgehead atoms. The number of likely N-dealkylation sites (N-methyl/N-ethyl adjacent to an activating group) is 1. The molecule has 1 saturated heterocycles. The molecular formula is C20H25N3O3. The third kappa shape index (κ3) is 5.09. The van der Waals surface area contributed by atoms with E-state index in [2.05, 4.69) is 11.2 Å². The van der Waals surface area contributed by atoms with E-state index in [0.29, 0.717) is 30.8 Å². The molecule has 138 valence electrons. The minimum atomic E-state index is -0.285. The monoisotopic (exact) mass is 355 g/mol. The molecule has 0 spiro atoms. The van der Waals surface area contributed by atoms with Crippen molar-refractivity contribution in [2.75, 3.05) is 32.0 Å². The van der Waals surface area contributed by atoms with Crippen molar-refractivity contribution in [1.82, 2.24) is 9.80 Å². The van der Waals surface area contributed by atoms with Crippen molar-refractivity contribution >= 4 is 23.4 Å². The van der Waals surface area contributed by atoms with Crippen LogP contribution in [-0.2, 0) is 14.4 Å². The molecule has 1 N–H and O–H groups in total. The first-order chi connectivity index (χ1) is 12.4. The van der Waals surface area contributed by atoms with Crippen LogP contribution in [0.1, 0.15) is 31.7 Å². The summed E-state index contributed by atoms with van der Waals surface area (Å²) < 4.78 is 0. The van der Waals surface area contributed by atoms with Gasteiger partial charge >= 0.3 is 0 Å². The number of anilines is 1. The van der Waals surface area contributed by atoms with Gasteiger partial charge in [-0.2, -0.15) is 0 Å². The van der Waals surface area contributed by atoms with Gasteiger partial charge in [0.05, 0.1) is 12.5 Å². The number of nitrogens with one attached hydrogen (secondary N) is 1. The first kappa shape index (κ1) is 19.5. The number of carbonyl (C=O) groups excluding carboxylic acids is 3. The van der Waals surface area contributed by atoms with Gasteiger partial charge in [0.25, 0.3) is 0 Å². The van der Waals surface area contributed by atoms with Gasteiger partial charge in [0.1, 0.15) is 0 Å². The van der Waals surface area contributed by atoms with Crippen molar-refractivity contribution in [3.8, 4) is 12.3 Å². The van der Waals surface area contributed by atoms with E-state index in [9.17, 15) is 14.4 Å². The maximum atomic E-state index is 12.6. The molecule has 1 fully saturated rings. The van der Waals surface area contributed by atoms with Crippen LogP contribution in [-0.4, -0.2) is 54.2 Å². The number of amides is 3. The molecule has 1 aromatic rings. The smallest absolute Gasteiger partial charge is 0.243 e. The van der Waals surface area contributed by atoms with Crippen LogP contribution >= 0.6 is 0 Å². The molecule has 1 heterocycles. The van der Waals surface area contributed by atoms with E-state index in [1.54, 1.807) is 36.2 Å². The van der Waals surface area contributed by atoms with E-state index in [1.165, 1.54) is 4.90 Å². The Morgan fingerprint density at radius 2 is 2.15 bits per heavy atom. The Balaban J connectivity index is 1.90. The number of rotatable bonds is 5. The van der Waals surface area contributed by atoms with E-state index >= 15 is 0 Å². The van der Waals surface area contributed by atoms with Gasteiger partial charge < -0.3 is 15.1 Å². The summed E-state index contributed by atoms with van der Waals surface area (Å²) in [5.41, 5.74) is 1.28. The predicted molar refractivity (Wildman–Crippen MR) is 100 cm³/mol. The third-order valence-corrected chi connectivity index (χ3v) is 4.50. The van der Waals surface area contributed by atoms with Gasteiger partial charge in [-0.15, -0.1) is 6.42 Å². The van der Waals surface area contributed by atoms with Gasteiger partial charge in [0, 0.05) is 37.8 Å². The molecule has 1 aliphatic rings. The Morgan fingerprint density at radius 3 is 2.85 bits per heavy atom. The number of terminal acetylenes is 1. The molecular weight excluding hydrogens is 330 g/mol. The van der Waals surface area contributed by atoms with Crippen LogP contribution in [0.25, 0.3) is 0 Å². The molecule has 1 aliphatic heterocycles. The molecule has 6 heteroatoms. The summed E-state index contributed by atoms with van der Waals surface area (Å²) in [5, 5.41) is 2.75. The van der Waals surface area contributed by atoms with Crippen LogP contribution < -0.4 is 5.32 Å². The van der Waals surface area contributed by atoms with E-state index in [1.807, 2.05) is 6.92 Å². The summed E-state index contributed by atoms with van der Waals surface area (Å²) in [7, 11) is 1.61. The van der Waals surface area contributed by atoms with Crippen LogP contribution in [0.15, 0.2) is 24.3 Å². The second-order valence-corrected chi connectivity index (χ2v) is 6.50. The fourth-order valence-electron chi connectivity index (χ4n) is 3.12. The van der Waals surface area contributed by atoms with Crippen LogP contribution in [0.4, 0.5) is 5.69 Å².